The van der Waals surface area contributed by atoms with Crippen molar-refractivity contribution >= 4 is 5.69 Å². The molecule has 0 aliphatic carbocycles. The molecule has 0 aliphatic rings. The van der Waals surface area contributed by atoms with E-state index in [2.05, 4.69) is 51.2 Å². The van der Waals surface area contributed by atoms with Crippen molar-refractivity contribution < 1.29 is 4.74 Å². The van der Waals surface area contributed by atoms with Crippen LogP contribution in [0.25, 0.3) is 0 Å². The Morgan fingerprint density at radius 3 is 2.38 bits per heavy atom. The molecule has 0 bridgehead atoms. The van der Waals surface area contributed by atoms with Gasteiger partial charge in [-0.2, -0.15) is 0 Å². The van der Waals surface area contributed by atoms with Crippen LogP contribution in [0.15, 0.2) is 18.2 Å². The lowest BCUT2D eigenvalue weighted by Crippen LogP contribution is -2.14. The number of rotatable bonds is 4. The minimum Gasteiger partial charge on any atom is -0.494 e. The maximum absolute atomic E-state index is 5.67. The van der Waals surface area contributed by atoms with Crippen LogP contribution in [0.1, 0.15) is 40.2 Å². The minimum atomic E-state index is 0.107. The molecular weight excluding hydrogens is 198 g/mol. The van der Waals surface area contributed by atoms with Crippen molar-refractivity contribution in [2.24, 2.45) is 0 Å². The summed E-state index contributed by atoms with van der Waals surface area (Å²) in [5.41, 5.74) is 2.53. The lowest BCUT2D eigenvalue weighted by Gasteiger charge is -2.23. The molecule has 1 aromatic rings. The van der Waals surface area contributed by atoms with Gasteiger partial charge in [-0.1, -0.05) is 20.8 Å². The number of anilines is 1. The molecule has 0 radical (unpaired) electrons. The van der Waals surface area contributed by atoms with E-state index in [0.717, 1.165) is 18.0 Å². The molecule has 1 aromatic carbocycles. The minimum absolute atomic E-state index is 0.107. The summed E-state index contributed by atoms with van der Waals surface area (Å²) in [4.78, 5) is 0. The van der Waals surface area contributed by atoms with E-state index < -0.39 is 0 Å². The highest BCUT2D eigenvalue weighted by Gasteiger charge is 2.19. The van der Waals surface area contributed by atoms with Crippen LogP contribution in [0.3, 0.4) is 0 Å². The van der Waals surface area contributed by atoms with Gasteiger partial charge in [-0.05, 0) is 37.5 Å². The Kier molecular flexibility index (Phi) is 4.22. The number of hydrogen-bond donors (Lipinski definition) is 1. The van der Waals surface area contributed by atoms with Gasteiger partial charge in [0.1, 0.15) is 5.75 Å². The van der Waals surface area contributed by atoms with Gasteiger partial charge in [-0.15, -0.1) is 0 Å². The summed E-state index contributed by atoms with van der Waals surface area (Å²) < 4.78 is 5.67. The highest BCUT2D eigenvalue weighted by molar-refractivity contribution is 5.53. The molecule has 1 rings (SSSR count). The average Bonchev–Trinajstić information content (AvgIpc) is 2.19. The summed E-state index contributed by atoms with van der Waals surface area (Å²) in [7, 11) is 0. The van der Waals surface area contributed by atoms with Gasteiger partial charge in [-0.3, -0.25) is 0 Å². The van der Waals surface area contributed by atoms with Crippen molar-refractivity contribution in [2.45, 2.75) is 40.0 Å². The monoisotopic (exact) mass is 221 g/mol. The Morgan fingerprint density at radius 2 is 1.88 bits per heavy atom. The summed E-state index contributed by atoms with van der Waals surface area (Å²) >= 11 is 0. The summed E-state index contributed by atoms with van der Waals surface area (Å²) in [6.45, 7) is 12.4. The SMILES string of the molecule is CCNc1ccc(OCC)c(C(C)(C)C)c1. The summed E-state index contributed by atoms with van der Waals surface area (Å²) in [5, 5.41) is 3.33. The highest BCUT2D eigenvalue weighted by atomic mass is 16.5. The van der Waals surface area contributed by atoms with E-state index in [1.807, 2.05) is 6.92 Å². The molecule has 0 aromatic heterocycles. The van der Waals surface area contributed by atoms with E-state index in [4.69, 9.17) is 4.74 Å². The molecule has 0 heterocycles. The van der Waals surface area contributed by atoms with Gasteiger partial charge in [0.2, 0.25) is 0 Å². The van der Waals surface area contributed by atoms with Crippen molar-refractivity contribution in [3.05, 3.63) is 23.8 Å². The molecule has 16 heavy (non-hydrogen) atoms. The molecule has 1 N–H and O–H groups in total. The second-order valence-electron chi connectivity index (χ2n) is 4.92. The standard InChI is InChI=1S/C14H23NO/c1-6-15-11-8-9-13(16-7-2)12(10-11)14(3,4)5/h8-10,15H,6-7H2,1-5H3. The van der Waals surface area contributed by atoms with Crippen LogP contribution >= 0.6 is 0 Å². The summed E-state index contributed by atoms with van der Waals surface area (Å²) in [6, 6.07) is 6.32. The van der Waals surface area contributed by atoms with Crippen LogP contribution in [-0.4, -0.2) is 13.2 Å². The van der Waals surface area contributed by atoms with Crippen LogP contribution in [0.4, 0.5) is 5.69 Å². The van der Waals surface area contributed by atoms with Gasteiger partial charge in [0.25, 0.3) is 0 Å². The van der Waals surface area contributed by atoms with Gasteiger partial charge >= 0.3 is 0 Å². The van der Waals surface area contributed by atoms with Crippen LogP contribution < -0.4 is 10.1 Å². The Bertz CT molecular complexity index is 339. The Labute approximate surface area is 99.0 Å². The van der Waals surface area contributed by atoms with Crippen LogP contribution in [0, 0.1) is 0 Å². The molecule has 2 nitrogen and oxygen atoms in total. The molecular formula is C14H23NO. The molecule has 0 aliphatic heterocycles. The van der Waals surface area contributed by atoms with E-state index in [-0.39, 0.29) is 5.41 Å². The number of benzene rings is 1. The maximum atomic E-state index is 5.67. The van der Waals surface area contributed by atoms with Gasteiger partial charge in [0.15, 0.2) is 0 Å². The number of hydrogen-bond acceptors (Lipinski definition) is 2. The second kappa shape index (κ2) is 5.24. The first-order valence-electron chi connectivity index (χ1n) is 6.00. The molecule has 0 saturated heterocycles. The van der Waals surface area contributed by atoms with Crippen LogP contribution in [0.5, 0.6) is 5.75 Å². The first-order chi connectivity index (χ1) is 7.49. The molecule has 90 valence electrons. The summed E-state index contributed by atoms with van der Waals surface area (Å²) in [6.07, 6.45) is 0. The smallest absolute Gasteiger partial charge is 0.123 e. The molecule has 0 fully saturated rings. The van der Waals surface area contributed by atoms with Gasteiger partial charge in [-0.25, -0.2) is 0 Å². The van der Waals surface area contributed by atoms with Crippen LogP contribution in [0.2, 0.25) is 0 Å². The Morgan fingerprint density at radius 1 is 1.19 bits per heavy atom. The molecule has 0 spiro atoms. The van der Waals surface area contributed by atoms with Crippen molar-refractivity contribution in [2.75, 3.05) is 18.5 Å². The Hall–Kier alpha value is -1.18. The van der Waals surface area contributed by atoms with E-state index in [1.54, 1.807) is 0 Å². The number of nitrogens with one attached hydrogen (secondary N) is 1. The van der Waals surface area contributed by atoms with E-state index in [0.29, 0.717) is 6.61 Å². The topological polar surface area (TPSA) is 21.3 Å². The van der Waals surface area contributed by atoms with Gasteiger partial charge in [0, 0.05) is 17.8 Å². The maximum Gasteiger partial charge on any atom is 0.123 e. The predicted octanol–water partition coefficient (Wildman–Crippen LogP) is 3.81. The van der Waals surface area contributed by atoms with E-state index >= 15 is 0 Å². The molecule has 2 heteroatoms. The third-order valence-electron chi connectivity index (χ3n) is 2.47. The fourth-order valence-corrected chi connectivity index (χ4v) is 1.71. The van der Waals surface area contributed by atoms with Crippen molar-refractivity contribution in [1.29, 1.82) is 0 Å². The second-order valence-corrected chi connectivity index (χ2v) is 4.92. The van der Waals surface area contributed by atoms with Crippen molar-refractivity contribution in [3.8, 4) is 5.75 Å². The van der Waals surface area contributed by atoms with Crippen molar-refractivity contribution in [3.63, 3.8) is 0 Å². The van der Waals surface area contributed by atoms with Gasteiger partial charge in [0.05, 0.1) is 6.61 Å². The molecule has 0 saturated carbocycles. The zero-order chi connectivity index (χ0) is 12.2. The fourth-order valence-electron chi connectivity index (χ4n) is 1.71. The lowest BCUT2D eigenvalue weighted by atomic mass is 9.86. The average molecular weight is 221 g/mol. The zero-order valence-corrected chi connectivity index (χ0v) is 11.1. The third kappa shape index (κ3) is 3.16. The fraction of sp³-hybridized carbons (Fsp3) is 0.571. The van der Waals surface area contributed by atoms with Crippen LogP contribution in [-0.2, 0) is 5.41 Å². The Balaban J connectivity index is 3.11. The molecule has 0 unspecified atom stereocenters. The largest absolute Gasteiger partial charge is 0.494 e. The quantitative estimate of drug-likeness (QED) is 0.834. The lowest BCUT2D eigenvalue weighted by molar-refractivity contribution is 0.330. The predicted molar refractivity (Wildman–Crippen MR) is 70.5 cm³/mol. The first kappa shape index (κ1) is 12.9. The van der Waals surface area contributed by atoms with Gasteiger partial charge < -0.3 is 10.1 Å². The van der Waals surface area contributed by atoms with Crippen molar-refractivity contribution in [1.82, 2.24) is 0 Å². The van der Waals surface area contributed by atoms with E-state index in [1.165, 1.54) is 5.56 Å². The summed E-state index contributed by atoms with van der Waals surface area (Å²) in [5.74, 6) is 0.997. The third-order valence-corrected chi connectivity index (χ3v) is 2.47. The zero-order valence-electron chi connectivity index (χ0n) is 11.1. The first-order valence-corrected chi connectivity index (χ1v) is 6.00. The highest BCUT2D eigenvalue weighted by Crippen LogP contribution is 2.33. The number of ether oxygens (including phenoxy) is 1. The molecule has 0 atom stereocenters. The molecule has 0 amide bonds. The van der Waals surface area contributed by atoms with E-state index in [9.17, 15) is 0 Å². The normalized spacial score (nSPS) is 11.3.